The van der Waals surface area contributed by atoms with Crippen LogP contribution in [0.5, 0.6) is 5.75 Å². The highest BCUT2D eigenvalue weighted by Crippen LogP contribution is 2.15. The van der Waals surface area contributed by atoms with Crippen LogP contribution in [0.25, 0.3) is 0 Å². The molecule has 1 aliphatic rings. The van der Waals surface area contributed by atoms with Crippen LogP contribution in [0.2, 0.25) is 0 Å². The Morgan fingerprint density at radius 2 is 1.71 bits per heavy atom. The number of hydrogen-bond acceptors (Lipinski definition) is 6. The van der Waals surface area contributed by atoms with E-state index < -0.39 is 16.4 Å². The van der Waals surface area contributed by atoms with Crippen LogP contribution in [0, 0.1) is 0 Å². The van der Waals surface area contributed by atoms with Gasteiger partial charge in [0, 0.05) is 30.8 Å². The van der Waals surface area contributed by atoms with E-state index >= 15 is 0 Å². The van der Waals surface area contributed by atoms with Gasteiger partial charge in [-0.3, -0.25) is 19.3 Å². The molecule has 1 N–H and O–H groups in total. The molecule has 8 nitrogen and oxygen atoms in total. The lowest BCUT2D eigenvalue weighted by Crippen LogP contribution is -2.33. The summed E-state index contributed by atoms with van der Waals surface area (Å²) >= 11 is 0. The number of nitrogens with one attached hydrogen (secondary N) is 1. The summed E-state index contributed by atoms with van der Waals surface area (Å²) in [6.45, 7) is 0.416. The second kappa shape index (κ2) is 7.21. The summed E-state index contributed by atoms with van der Waals surface area (Å²) in [6.07, 6.45) is 2.75. The second-order valence-corrected chi connectivity index (χ2v) is 5.72. The van der Waals surface area contributed by atoms with Crippen LogP contribution in [-0.4, -0.2) is 44.1 Å². The molecule has 0 atom stereocenters. The van der Waals surface area contributed by atoms with E-state index in [0.29, 0.717) is 6.42 Å². The summed E-state index contributed by atoms with van der Waals surface area (Å²) in [6, 6.07) is 4.82. The van der Waals surface area contributed by atoms with Gasteiger partial charge in [-0.05, 0) is 30.7 Å². The van der Waals surface area contributed by atoms with Crippen LogP contribution < -0.4 is 9.50 Å². The number of carbonyl (C=O) groups is 3. The molecule has 0 aliphatic carbocycles. The average molecular weight is 356 g/mol. The van der Waals surface area contributed by atoms with Crippen molar-refractivity contribution in [3.05, 3.63) is 42.0 Å². The summed E-state index contributed by atoms with van der Waals surface area (Å²) in [5, 5.41) is 2.58. The highest BCUT2D eigenvalue weighted by Gasteiger charge is 2.22. The second-order valence-electron chi connectivity index (χ2n) is 4.77. The van der Waals surface area contributed by atoms with E-state index in [9.17, 15) is 26.7 Å². The number of halogens is 1. The molecule has 0 saturated carbocycles. The van der Waals surface area contributed by atoms with Crippen molar-refractivity contribution < 1.29 is 30.9 Å². The first-order valence-corrected chi connectivity index (χ1v) is 8.13. The molecule has 1 aliphatic heterocycles. The highest BCUT2D eigenvalue weighted by molar-refractivity contribution is 7.81. The van der Waals surface area contributed by atoms with Crippen molar-refractivity contribution in [1.29, 1.82) is 0 Å². The van der Waals surface area contributed by atoms with Gasteiger partial charge in [0.2, 0.25) is 0 Å². The lowest BCUT2D eigenvalue weighted by molar-refractivity contribution is -0.136. The molecule has 1 aromatic rings. The van der Waals surface area contributed by atoms with Crippen LogP contribution in [-0.2, 0) is 20.1 Å². The summed E-state index contributed by atoms with van der Waals surface area (Å²) in [7, 11) is -5.11. The first-order valence-electron chi connectivity index (χ1n) is 6.82. The minimum Gasteiger partial charge on any atom is -0.358 e. The molecular weight excluding hydrogens is 343 g/mol. The molecule has 0 saturated heterocycles. The molecule has 128 valence electrons. The van der Waals surface area contributed by atoms with Gasteiger partial charge in [0.05, 0.1) is 0 Å². The van der Waals surface area contributed by atoms with Gasteiger partial charge in [-0.25, -0.2) is 0 Å². The number of nitrogens with zero attached hydrogens (tertiary/aromatic N) is 1. The predicted octanol–water partition coefficient (Wildman–Crippen LogP) is 0.325. The highest BCUT2D eigenvalue weighted by atomic mass is 32.3. The maximum absolute atomic E-state index is 12.3. The molecule has 1 aromatic carbocycles. The van der Waals surface area contributed by atoms with E-state index in [1.807, 2.05) is 0 Å². The third-order valence-corrected chi connectivity index (χ3v) is 3.45. The lowest BCUT2D eigenvalue weighted by Gasteiger charge is -2.13. The SMILES string of the molecule is O=C(NCCCN1C(=O)C=CC1=O)c1ccc(OS(=O)(=O)F)cc1. The number of amides is 3. The van der Waals surface area contributed by atoms with Crippen molar-refractivity contribution in [2.24, 2.45) is 0 Å². The van der Waals surface area contributed by atoms with E-state index in [1.54, 1.807) is 0 Å². The smallest absolute Gasteiger partial charge is 0.358 e. The molecule has 0 unspecified atom stereocenters. The fraction of sp³-hybridized carbons (Fsp3) is 0.214. The van der Waals surface area contributed by atoms with Crippen molar-refractivity contribution in [3.63, 3.8) is 0 Å². The zero-order valence-corrected chi connectivity index (χ0v) is 13.1. The monoisotopic (exact) mass is 356 g/mol. The van der Waals surface area contributed by atoms with Crippen molar-refractivity contribution in [3.8, 4) is 5.75 Å². The minimum atomic E-state index is -5.11. The predicted molar refractivity (Wildman–Crippen MR) is 79.9 cm³/mol. The number of benzene rings is 1. The Morgan fingerprint density at radius 1 is 1.12 bits per heavy atom. The molecular formula is C14H13FN2O6S. The Hall–Kier alpha value is -2.75. The molecule has 2 rings (SSSR count). The van der Waals surface area contributed by atoms with E-state index in [1.165, 1.54) is 24.3 Å². The van der Waals surface area contributed by atoms with Crippen molar-refractivity contribution in [1.82, 2.24) is 10.2 Å². The third-order valence-electron chi connectivity index (χ3n) is 3.06. The number of carbonyl (C=O) groups excluding carboxylic acids is 3. The largest absolute Gasteiger partial charge is 0.488 e. The molecule has 3 amide bonds. The van der Waals surface area contributed by atoms with Gasteiger partial charge in [-0.15, -0.1) is 0 Å². The summed E-state index contributed by atoms with van der Waals surface area (Å²) in [5.41, 5.74) is 0.216. The van der Waals surface area contributed by atoms with E-state index in [2.05, 4.69) is 9.50 Å². The van der Waals surface area contributed by atoms with Gasteiger partial charge < -0.3 is 9.50 Å². The average Bonchev–Trinajstić information content (AvgIpc) is 2.82. The Bertz CT molecular complexity index is 770. The first kappa shape index (κ1) is 17.6. The first-order chi connectivity index (χ1) is 11.3. The lowest BCUT2D eigenvalue weighted by atomic mass is 10.2. The molecule has 0 fully saturated rings. The van der Waals surface area contributed by atoms with E-state index in [4.69, 9.17) is 0 Å². The van der Waals surface area contributed by atoms with Crippen LogP contribution in [0.3, 0.4) is 0 Å². The molecule has 0 aromatic heterocycles. The molecule has 10 heteroatoms. The Kier molecular flexibility index (Phi) is 5.29. The van der Waals surface area contributed by atoms with Crippen LogP contribution in [0.15, 0.2) is 36.4 Å². The fourth-order valence-electron chi connectivity index (χ4n) is 1.97. The normalized spacial score (nSPS) is 14.1. The van der Waals surface area contributed by atoms with Gasteiger partial charge >= 0.3 is 10.5 Å². The molecule has 0 radical (unpaired) electrons. The van der Waals surface area contributed by atoms with E-state index in [0.717, 1.165) is 17.0 Å². The third kappa shape index (κ3) is 4.88. The van der Waals surface area contributed by atoms with Crippen LogP contribution in [0.1, 0.15) is 16.8 Å². The summed E-state index contributed by atoms with van der Waals surface area (Å²) in [4.78, 5) is 35.6. The van der Waals surface area contributed by atoms with Gasteiger partial charge in [0.25, 0.3) is 17.7 Å². The number of hydrogen-bond donors (Lipinski definition) is 1. The van der Waals surface area contributed by atoms with E-state index in [-0.39, 0.29) is 36.2 Å². The Balaban J connectivity index is 1.78. The fourth-order valence-corrected chi connectivity index (χ4v) is 2.31. The summed E-state index contributed by atoms with van der Waals surface area (Å²) < 4.78 is 37.0. The number of imide groups is 1. The van der Waals surface area contributed by atoms with Gasteiger partial charge in [-0.1, -0.05) is 3.89 Å². The summed E-state index contributed by atoms with van der Waals surface area (Å²) in [5.74, 6) is -1.47. The maximum Gasteiger partial charge on any atom is 0.488 e. The Labute approximate surface area is 137 Å². The van der Waals surface area contributed by atoms with Crippen molar-refractivity contribution >= 4 is 28.2 Å². The number of rotatable bonds is 7. The van der Waals surface area contributed by atoms with Gasteiger partial charge in [0.15, 0.2) is 0 Å². The molecule has 0 bridgehead atoms. The van der Waals surface area contributed by atoms with Gasteiger partial charge in [0.1, 0.15) is 5.75 Å². The van der Waals surface area contributed by atoms with Crippen LogP contribution in [0.4, 0.5) is 3.89 Å². The standard InChI is InChI=1S/C14H13FN2O6S/c15-24(21,22)23-11-4-2-10(3-5-11)14(20)16-8-1-9-17-12(18)6-7-13(17)19/h2-7H,1,8-9H2,(H,16,20). The van der Waals surface area contributed by atoms with Crippen LogP contribution >= 0.6 is 0 Å². The zero-order valence-electron chi connectivity index (χ0n) is 12.3. The molecule has 0 spiro atoms. The van der Waals surface area contributed by atoms with Crippen molar-refractivity contribution in [2.45, 2.75) is 6.42 Å². The quantitative estimate of drug-likeness (QED) is 0.428. The van der Waals surface area contributed by atoms with Gasteiger partial charge in [-0.2, -0.15) is 8.42 Å². The molecule has 24 heavy (non-hydrogen) atoms. The Morgan fingerprint density at radius 3 is 2.25 bits per heavy atom. The maximum atomic E-state index is 12.3. The van der Waals surface area contributed by atoms with Crippen molar-refractivity contribution in [2.75, 3.05) is 13.1 Å². The minimum absolute atomic E-state index is 0.187. The molecule has 1 heterocycles. The zero-order chi connectivity index (χ0) is 17.7. The topological polar surface area (TPSA) is 110 Å².